The summed E-state index contributed by atoms with van der Waals surface area (Å²) >= 11 is 0. The Kier molecular flexibility index (Phi) is 3.33. The summed E-state index contributed by atoms with van der Waals surface area (Å²) in [5.74, 6) is -0.444. The van der Waals surface area contributed by atoms with Crippen LogP contribution < -0.4 is 5.43 Å². The van der Waals surface area contributed by atoms with E-state index in [4.69, 9.17) is 4.42 Å². The molecule has 0 aliphatic heterocycles. The molecule has 2 aromatic rings. The molecule has 7 heteroatoms. The van der Waals surface area contributed by atoms with Crippen molar-refractivity contribution < 1.29 is 13.7 Å². The molecule has 0 spiro atoms. The van der Waals surface area contributed by atoms with Crippen molar-refractivity contribution in [2.24, 2.45) is 5.10 Å². The average Bonchev–Trinajstić information content (AvgIpc) is 2.81. The minimum Gasteiger partial charge on any atom is -0.400 e. The smallest absolute Gasteiger partial charge is 0.400 e. The molecule has 18 heavy (non-hydrogen) atoms. The van der Waals surface area contributed by atoms with Gasteiger partial charge in [-0.1, -0.05) is 0 Å². The maximum Gasteiger partial charge on any atom is 0.433 e. The van der Waals surface area contributed by atoms with Crippen molar-refractivity contribution in [2.75, 3.05) is 5.43 Å². The molecule has 0 radical (unpaired) electrons. The number of furan rings is 1. The number of benzene rings is 1. The summed E-state index contributed by atoms with van der Waals surface area (Å²) in [4.78, 5) is 9.72. The number of anilines is 1. The molecule has 2 rings (SSSR count). The first-order chi connectivity index (χ1) is 8.65. The molecule has 0 saturated carbocycles. The number of halogens is 1. The van der Waals surface area contributed by atoms with Gasteiger partial charge in [0.05, 0.1) is 18.0 Å². The maximum absolute atomic E-state index is 12.6. The minimum absolute atomic E-state index is 0.247. The average molecular weight is 249 g/mol. The first-order valence-electron chi connectivity index (χ1n) is 4.94. The van der Waals surface area contributed by atoms with Crippen LogP contribution >= 0.6 is 0 Å². The van der Waals surface area contributed by atoms with E-state index < -0.39 is 4.92 Å². The highest BCUT2D eigenvalue weighted by Gasteiger charge is 2.09. The lowest BCUT2D eigenvalue weighted by Crippen LogP contribution is -1.89. The molecule has 1 N–H and O–H groups in total. The van der Waals surface area contributed by atoms with Crippen molar-refractivity contribution in [2.45, 2.75) is 0 Å². The number of nitrogens with zero attached hydrogens (tertiary/aromatic N) is 2. The zero-order chi connectivity index (χ0) is 13.0. The molecule has 1 heterocycles. The molecular weight excluding hydrogens is 241 g/mol. The lowest BCUT2D eigenvalue weighted by atomic mass is 10.3. The fraction of sp³-hybridized carbons (Fsp3) is 0. The number of hydrogen-bond acceptors (Lipinski definition) is 5. The van der Waals surface area contributed by atoms with E-state index in [1.165, 1.54) is 42.6 Å². The molecule has 0 bridgehead atoms. The molecule has 0 atom stereocenters. The summed E-state index contributed by atoms with van der Waals surface area (Å²) in [6.45, 7) is 0. The number of hydrazone groups is 1. The molecule has 0 aliphatic carbocycles. The number of nitrogens with one attached hydrogen (secondary N) is 1. The zero-order valence-electron chi connectivity index (χ0n) is 9.04. The van der Waals surface area contributed by atoms with Gasteiger partial charge in [-0.25, -0.2) is 4.39 Å². The summed E-state index contributed by atoms with van der Waals surface area (Å²) in [6, 6.07) is 8.26. The Morgan fingerprint density at radius 3 is 2.61 bits per heavy atom. The Bertz CT molecular complexity index is 577. The van der Waals surface area contributed by atoms with E-state index in [0.717, 1.165) is 0 Å². The van der Waals surface area contributed by atoms with Crippen LogP contribution in [0.4, 0.5) is 16.0 Å². The predicted molar refractivity (Wildman–Crippen MR) is 63.0 cm³/mol. The van der Waals surface area contributed by atoms with Crippen molar-refractivity contribution in [1.29, 1.82) is 0 Å². The summed E-state index contributed by atoms with van der Waals surface area (Å²) in [5.41, 5.74) is 3.22. The van der Waals surface area contributed by atoms with Crippen LogP contribution in [0.2, 0.25) is 0 Å². The molecular formula is C11H8FN3O3. The van der Waals surface area contributed by atoms with Gasteiger partial charge >= 0.3 is 5.88 Å². The number of nitro groups is 1. The van der Waals surface area contributed by atoms with E-state index in [0.29, 0.717) is 5.69 Å². The molecule has 1 aromatic heterocycles. The Morgan fingerprint density at radius 1 is 1.28 bits per heavy atom. The van der Waals surface area contributed by atoms with Gasteiger partial charge in [0.15, 0.2) is 5.76 Å². The Balaban J connectivity index is 1.98. The summed E-state index contributed by atoms with van der Waals surface area (Å²) in [5, 5.41) is 14.2. The van der Waals surface area contributed by atoms with Crippen LogP contribution in [0.3, 0.4) is 0 Å². The standard InChI is InChI=1S/C11H8FN3O3/c12-8-1-3-9(4-2-8)14-13-7-10-5-6-11(18-10)15(16)17/h1-7,14H/b13-7+. The highest BCUT2D eigenvalue weighted by Crippen LogP contribution is 2.14. The van der Waals surface area contributed by atoms with E-state index in [1.54, 1.807) is 0 Å². The zero-order valence-corrected chi connectivity index (χ0v) is 9.04. The van der Waals surface area contributed by atoms with Gasteiger partial charge in [-0.2, -0.15) is 5.10 Å². The highest BCUT2D eigenvalue weighted by atomic mass is 19.1. The minimum atomic E-state index is -0.634. The van der Waals surface area contributed by atoms with Gasteiger partial charge in [0.25, 0.3) is 0 Å². The Hall–Kier alpha value is -2.70. The van der Waals surface area contributed by atoms with Crippen LogP contribution in [-0.2, 0) is 0 Å². The van der Waals surface area contributed by atoms with Crippen molar-refractivity contribution in [3.63, 3.8) is 0 Å². The number of rotatable bonds is 4. The molecule has 0 aliphatic rings. The molecule has 0 unspecified atom stereocenters. The molecule has 0 amide bonds. The fourth-order valence-corrected chi connectivity index (χ4v) is 1.20. The van der Waals surface area contributed by atoms with Crippen molar-refractivity contribution in [3.8, 4) is 0 Å². The van der Waals surface area contributed by atoms with Crippen molar-refractivity contribution >= 4 is 17.8 Å². The fourth-order valence-electron chi connectivity index (χ4n) is 1.20. The van der Waals surface area contributed by atoms with Crippen LogP contribution in [0.25, 0.3) is 0 Å². The highest BCUT2D eigenvalue weighted by molar-refractivity contribution is 5.77. The van der Waals surface area contributed by atoms with E-state index >= 15 is 0 Å². The van der Waals surface area contributed by atoms with Gasteiger partial charge in [0.2, 0.25) is 0 Å². The van der Waals surface area contributed by atoms with Gasteiger partial charge in [0, 0.05) is 0 Å². The quantitative estimate of drug-likeness (QED) is 0.513. The van der Waals surface area contributed by atoms with E-state index in [-0.39, 0.29) is 17.5 Å². The van der Waals surface area contributed by atoms with E-state index in [2.05, 4.69) is 10.5 Å². The van der Waals surface area contributed by atoms with Crippen LogP contribution in [-0.4, -0.2) is 11.1 Å². The van der Waals surface area contributed by atoms with Crippen molar-refractivity contribution in [1.82, 2.24) is 0 Å². The van der Waals surface area contributed by atoms with E-state index in [9.17, 15) is 14.5 Å². The molecule has 1 aromatic carbocycles. The molecule has 0 saturated heterocycles. The van der Waals surface area contributed by atoms with Crippen LogP contribution in [0, 0.1) is 15.9 Å². The summed E-state index contributed by atoms with van der Waals surface area (Å²) in [6.07, 6.45) is 1.29. The van der Waals surface area contributed by atoms with Crippen molar-refractivity contribution in [3.05, 3.63) is 58.1 Å². The predicted octanol–water partition coefficient (Wildman–Crippen LogP) is 2.77. The third-order valence-electron chi connectivity index (χ3n) is 2.02. The second-order valence-electron chi connectivity index (χ2n) is 3.31. The van der Waals surface area contributed by atoms with E-state index in [1.807, 2.05) is 0 Å². The first-order valence-corrected chi connectivity index (χ1v) is 4.94. The third-order valence-corrected chi connectivity index (χ3v) is 2.02. The summed E-state index contributed by atoms with van der Waals surface area (Å²) in [7, 11) is 0. The monoisotopic (exact) mass is 249 g/mol. The maximum atomic E-state index is 12.6. The molecule has 0 fully saturated rings. The van der Waals surface area contributed by atoms with Crippen LogP contribution in [0.5, 0.6) is 0 Å². The Morgan fingerprint density at radius 2 is 2.00 bits per heavy atom. The largest absolute Gasteiger partial charge is 0.433 e. The summed E-state index contributed by atoms with van der Waals surface area (Å²) < 4.78 is 17.5. The molecule has 92 valence electrons. The third kappa shape index (κ3) is 2.91. The van der Waals surface area contributed by atoms with Gasteiger partial charge in [-0.15, -0.1) is 0 Å². The number of hydrogen-bond donors (Lipinski definition) is 1. The second-order valence-corrected chi connectivity index (χ2v) is 3.31. The second kappa shape index (κ2) is 5.09. The molecule has 6 nitrogen and oxygen atoms in total. The lowest BCUT2D eigenvalue weighted by Gasteiger charge is -1.97. The van der Waals surface area contributed by atoms with Gasteiger partial charge < -0.3 is 4.42 Å². The SMILES string of the molecule is O=[N+]([O-])c1ccc(/C=N/Nc2ccc(F)cc2)o1. The van der Waals surface area contributed by atoms with Gasteiger partial charge in [-0.3, -0.25) is 15.5 Å². The Labute approximate surface area is 101 Å². The lowest BCUT2D eigenvalue weighted by molar-refractivity contribution is -0.402. The van der Waals surface area contributed by atoms with Gasteiger partial charge in [0.1, 0.15) is 10.7 Å². The topological polar surface area (TPSA) is 80.7 Å². The van der Waals surface area contributed by atoms with Crippen LogP contribution in [0.1, 0.15) is 5.76 Å². The first kappa shape index (κ1) is 11.8. The van der Waals surface area contributed by atoms with Crippen LogP contribution in [0.15, 0.2) is 45.9 Å². The van der Waals surface area contributed by atoms with Gasteiger partial charge in [-0.05, 0) is 30.3 Å². The normalized spacial score (nSPS) is 10.7.